The van der Waals surface area contributed by atoms with Gasteiger partial charge in [-0.3, -0.25) is 9.59 Å². The van der Waals surface area contributed by atoms with Crippen LogP contribution in [0.15, 0.2) is 54.6 Å². The number of nitrogens with one attached hydrogen (secondary N) is 2. The van der Waals surface area contributed by atoms with E-state index >= 15 is 0 Å². The molecule has 5 nitrogen and oxygen atoms in total. The van der Waals surface area contributed by atoms with Crippen molar-refractivity contribution >= 4 is 17.5 Å². The number of hydrogen-bond acceptors (Lipinski definition) is 3. The van der Waals surface area contributed by atoms with Crippen molar-refractivity contribution < 1.29 is 9.59 Å². The van der Waals surface area contributed by atoms with Crippen molar-refractivity contribution in [3.63, 3.8) is 0 Å². The third kappa shape index (κ3) is 5.35. The molecule has 1 fully saturated rings. The molecule has 148 valence electrons. The molecular weight excluding hydrogens is 350 g/mol. The first-order valence-corrected chi connectivity index (χ1v) is 10.0. The minimum atomic E-state index is -0.0851. The molecule has 0 spiro atoms. The van der Waals surface area contributed by atoms with E-state index in [0.717, 1.165) is 37.2 Å². The zero-order valence-corrected chi connectivity index (χ0v) is 16.7. The predicted molar refractivity (Wildman–Crippen MR) is 112 cm³/mol. The van der Waals surface area contributed by atoms with Gasteiger partial charge >= 0.3 is 0 Å². The Morgan fingerprint density at radius 2 is 1.79 bits per heavy atom. The average molecular weight is 380 g/mol. The molecule has 0 aromatic heterocycles. The third-order valence-electron chi connectivity index (χ3n) is 5.31. The maximum absolute atomic E-state index is 12.7. The molecule has 1 atom stereocenters. The van der Waals surface area contributed by atoms with Gasteiger partial charge in [0.2, 0.25) is 5.91 Å². The molecule has 1 aliphatic rings. The summed E-state index contributed by atoms with van der Waals surface area (Å²) in [6.07, 6.45) is 2.12. The Morgan fingerprint density at radius 3 is 2.50 bits per heavy atom. The molecule has 2 N–H and O–H groups in total. The molecule has 1 unspecified atom stereocenters. The Labute approximate surface area is 167 Å². The number of carbonyl (C=O) groups excluding carboxylic acids is 2. The highest BCUT2D eigenvalue weighted by molar-refractivity contribution is 5.95. The number of nitrogens with zero attached hydrogens (tertiary/aromatic N) is 1. The third-order valence-corrected chi connectivity index (χ3v) is 5.31. The zero-order valence-electron chi connectivity index (χ0n) is 16.7. The van der Waals surface area contributed by atoms with Crippen LogP contribution in [0.4, 0.5) is 5.69 Å². The van der Waals surface area contributed by atoms with E-state index in [4.69, 9.17) is 0 Å². The normalized spacial score (nSPS) is 15.7. The van der Waals surface area contributed by atoms with Gasteiger partial charge in [-0.05, 0) is 49.4 Å². The van der Waals surface area contributed by atoms with Gasteiger partial charge < -0.3 is 15.5 Å². The SMILES string of the molecule is CC1CCN(C(=O)c2cccc(NCC(=O)NC(C)c3ccccc3)c2)CC1. The van der Waals surface area contributed by atoms with E-state index in [0.29, 0.717) is 11.5 Å². The van der Waals surface area contributed by atoms with Crippen LogP contribution < -0.4 is 10.6 Å². The zero-order chi connectivity index (χ0) is 19.9. The van der Waals surface area contributed by atoms with Gasteiger partial charge in [-0.2, -0.15) is 0 Å². The smallest absolute Gasteiger partial charge is 0.253 e. The highest BCUT2D eigenvalue weighted by atomic mass is 16.2. The summed E-state index contributed by atoms with van der Waals surface area (Å²) in [5, 5.41) is 6.11. The molecule has 0 aliphatic carbocycles. The Balaban J connectivity index is 1.53. The summed E-state index contributed by atoms with van der Waals surface area (Å²) in [7, 11) is 0. The maximum atomic E-state index is 12.7. The molecule has 0 radical (unpaired) electrons. The summed E-state index contributed by atoms with van der Waals surface area (Å²) >= 11 is 0. The van der Waals surface area contributed by atoms with Crippen molar-refractivity contribution in [2.45, 2.75) is 32.7 Å². The van der Waals surface area contributed by atoms with Crippen molar-refractivity contribution in [2.75, 3.05) is 25.0 Å². The summed E-state index contributed by atoms with van der Waals surface area (Å²) in [6, 6.07) is 17.2. The Kier molecular flexibility index (Phi) is 6.69. The molecular formula is C23H29N3O2. The number of likely N-dealkylation sites (tertiary alicyclic amines) is 1. The van der Waals surface area contributed by atoms with E-state index in [1.165, 1.54) is 0 Å². The first-order chi connectivity index (χ1) is 13.5. The number of carbonyl (C=O) groups is 2. The van der Waals surface area contributed by atoms with Gasteiger partial charge in [-0.25, -0.2) is 0 Å². The van der Waals surface area contributed by atoms with Gasteiger partial charge in [-0.15, -0.1) is 0 Å². The first kappa shape index (κ1) is 19.9. The fraction of sp³-hybridized carbons (Fsp3) is 0.391. The van der Waals surface area contributed by atoms with Crippen molar-refractivity contribution in [2.24, 2.45) is 5.92 Å². The topological polar surface area (TPSA) is 61.4 Å². The largest absolute Gasteiger partial charge is 0.376 e. The number of piperidine rings is 1. The molecule has 1 heterocycles. The second-order valence-electron chi connectivity index (χ2n) is 7.61. The summed E-state index contributed by atoms with van der Waals surface area (Å²) in [5.41, 5.74) is 2.51. The summed E-state index contributed by atoms with van der Waals surface area (Å²) in [5.74, 6) is 0.671. The molecule has 2 amide bonds. The molecule has 1 saturated heterocycles. The van der Waals surface area contributed by atoms with E-state index in [1.807, 2.05) is 66.4 Å². The van der Waals surface area contributed by atoms with Crippen LogP contribution in [0.1, 0.15) is 48.7 Å². The van der Waals surface area contributed by atoms with Crippen molar-refractivity contribution in [1.29, 1.82) is 0 Å². The number of hydrogen-bond donors (Lipinski definition) is 2. The van der Waals surface area contributed by atoms with Crippen LogP contribution in [0, 0.1) is 5.92 Å². The number of amides is 2. The van der Waals surface area contributed by atoms with Crippen molar-refractivity contribution in [1.82, 2.24) is 10.2 Å². The second-order valence-corrected chi connectivity index (χ2v) is 7.61. The molecule has 3 rings (SSSR count). The lowest BCUT2D eigenvalue weighted by atomic mass is 9.98. The highest BCUT2D eigenvalue weighted by Gasteiger charge is 2.21. The number of rotatable bonds is 6. The van der Waals surface area contributed by atoms with Gasteiger partial charge in [0.05, 0.1) is 12.6 Å². The molecule has 2 aromatic carbocycles. The van der Waals surface area contributed by atoms with Crippen LogP contribution >= 0.6 is 0 Å². The summed E-state index contributed by atoms with van der Waals surface area (Å²) in [4.78, 5) is 26.9. The molecule has 28 heavy (non-hydrogen) atoms. The molecule has 0 saturated carbocycles. The van der Waals surface area contributed by atoms with Crippen LogP contribution in [0.5, 0.6) is 0 Å². The lowest BCUT2D eigenvalue weighted by molar-refractivity contribution is -0.120. The standard InChI is InChI=1S/C23H29N3O2/c1-17-11-13-26(14-12-17)23(28)20-9-6-10-21(15-20)24-16-22(27)25-18(2)19-7-4-3-5-8-19/h3-10,15,17-18,24H,11-14,16H2,1-2H3,(H,25,27). The predicted octanol–water partition coefficient (Wildman–Crippen LogP) is 3.85. The van der Waals surface area contributed by atoms with Gasteiger partial charge in [0.25, 0.3) is 5.91 Å². The fourth-order valence-corrected chi connectivity index (χ4v) is 3.46. The molecule has 5 heteroatoms. The molecule has 0 bridgehead atoms. The van der Waals surface area contributed by atoms with Gasteiger partial charge in [0.15, 0.2) is 0 Å². The lowest BCUT2D eigenvalue weighted by Gasteiger charge is -2.30. The number of benzene rings is 2. The van der Waals surface area contributed by atoms with Gasteiger partial charge in [-0.1, -0.05) is 43.3 Å². The first-order valence-electron chi connectivity index (χ1n) is 10.0. The fourth-order valence-electron chi connectivity index (χ4n) is 3.46. The van der Waals surface area contributed by atoms with Crippen LogP contribution in [0.2, 0.25) is 0 Å². The van der Waals surface area contributed by atoms with Gasteiger partial charge in [0, 0.05) is 24.3 Å². The highest BCUT2D eigenvalue weighted by Crippen LogP contribution is 2.19. The number of anilines is 1. The molecule has 2 aromatic rings. The Morgan fingerprint density at radius 1 is 1.07 bits per heavy atom. The monoisotopic (exact) mass is 379 g/mol. The Bertz CT molecular complexity index is 799. The van der Waals surface area contributed by atoms with E-state index in [-0.39, 0.29) is 24.4 Å². The van der Waals surface area contributed by atoms with Crippen LogP contribution in [0.25, 0.3) is 0 Å². The lowest BCUT2D eigenvalue weighted by Crippen LogP contribution is -2.37. The second kappa shape index (κ2) is 9.40. The Hall–Kier alpha value is -2.82. The van der Waals surface area contributed by atoms with E-state index in [2.05, 4.69) is 17.6 Å². The van der Waals surface area contributed by atoms with E-state index in [1.54, 1.807) is 0 Å². The van der Waals surface area contributed by atoms with E-state index < -0.39 is 0 Å². The van der Waals surface area contributed by atoms with E-state index in [9.17, 15) is 9.59 Å². The average Bonchev–Trinajstić information content (AvgIpc) is 2.73. The molecule has 1 aliphatic heterocycles. The summed E-state index contributed by atoms with van der Waals surface area (Å²) in [6.45, 7) is 5.99. The quantitative estimate of drug-likeness (QED) is 0.801. The summed E-state index contributed by atoms with van der Waals surface area (Å²) < 4.78 is 0. The minimum absolute atomic E-state index is 0.0510. The van der Waals surface area contributed by atoms with Crippen molar-refractivity contribution in [3.8, 4) is 0 Å². The minimum Gasteiger partial charge on any atom is -0.376 e. The van der Waals surface area contributed by atoms with Crippen molar-refractivity contribution in [3.05, 3.63) is 65.7 Å². The van der Waals surface area contributed by atoms with Crippen LogP contribution in [-0.2, 0) is 4.79 Å². The van der Waals surface area contributed by atoms with Gasteiger partial charge in [0.1, 0.15) is 0 Å². The maximum Gasteiger partial charge on any atom is 0.253 e. The van der Waals surface area contributed by atoms with Crippen LogP contribution in [-0.4, -0.2) is 36.3 Å². The van der Waals surface area contributed by atoms with Crippen LogP contribution in [0.3, 0.4) is 0 Å².